The zero-order valence-corrected chi connectivity index (χ0v) is 7.84. The molecule has 0 amide bonds. The van der Waals surface area contributed by atoms with Crippen molar-refractivity contribution in [3.05, 3.63) is 28.2 Å². The molecular formula is C6H8Cl3NO. The van der Waals surface area contributed by atoms with Crippen LogP contribution in [0.3, 0.4) is 0 Å². The van der Waals surface area contributed by atoms with E-state index >= 15 is 0 Å². The SMILES string of the molecule is O.[Cl-].[NH3+]c1cc(Cl)ccc1Cl. The Labute approximate surface area is 81.0 Å². The third-order valence-corrected chi connectivity index (χ3v) is 1.61. The molecule has 0 aromatic heterocycles. The van der Waals surface area contributed by atoms with E-state index in [-0.39, 0.29) is 17.9 Å². The summed E-state index contributed by atoms with van der Waals surface area (Å²) in [6.07, 6.45) is 0. The van der Waals surface area contributed by atoms with Crippen LogP contribution in [0.1, 0.15) is 0 Å². The first-order chi connectivity index (χ1) is 4.20. The summed E-state index contributed by atoms with van der Waals surface area (Å²) in [6, 6.07) is 5.19. The van der Waals surface area contributed by atoms with Crippen molar-refractivity contribution in [1.82, 2.24) is 0 Å². The molecule has 0 saturated heterocycles. The summed E-state index contributed by atoms with van der Waals surface area (Å²) >= 11 is 11.3. The van der Waals surface area contributed by atoms with Gasteiger partial charge in [0.15, 0.2) is 0 Å². The maximum absolute atomic E-state index is 5.66. The van der Waals surface area contributed by atoms with Gasteiger partial charge in [0.1, 0.15) is 10.7 Å². The third kappa shape index (κ3) is 3.79. The quantitative estimate of drug-likeness (QED) is 0.524. The van der Waals surface area contributed by atoms with Crippen molar-refractivity contribution in [2.24, 2.45) is 0 Å². The molecule has 0 aliphatic heterocycles. The second-order valence-corrected chi connectivity index (χ2v) is 2.58. The lowest BCUT2D eigenvalue weighted by Gasteiger charge is -1.91. The number of benzene rings is 1. The van der Waals surface area contributed by atoms with Crippen LogP contribution in [-0.4, -0.2) is 5.48 Å². The molecule has 1 rings (SSSR count). The zero-order valence-electron chi connectivity index (χ0n) is 5.57. The minimum absolute atomic E-state index is 0. The Morgan fingerprint density at radius 1 is 1.18 bits per heavy atom. The summed E-state index contributed by atoms with van der Waals surface area (Å²) < 4.78 is 0. The highest BCUT2D eigenvalue weighted by Gasteiger charge is 1.97. The summed E-state index contributed by atoms with van der Waals surface area (Å²) in [6.45, 7) is 0. The van der Waals surface area contributed by atoms with Crippen molar-refractivity contribution in [1.29, 1.82) is 0 Å². The van der Waals surface area contributed by atoms with Crippen molar-refractivity contribution in [3.8, 4) is 0 Å². The molecule has 0 unspecified atom stereocenters. The van der Waals surface area contributed by atoms with Gasteiger partial charge in [-0.3, -0.25) is 0 Å². The summed E-state index contributed by atoms with van der Waals surface area (Å²) in [5.41, 5.74) is 4.43. The first kappa shape index (κ1) is 13.6. The van der Waals surface area contributed by atoms with Crippen LogP contribution in [0.15, 0.2) is 18.2 Å². The van der Waals surface area contributed by atoms with E-state index in [0.717, 1.165) is 5.69 Å². The van der Waals surface area contributed by atoms with Crippen LogP contribution in [-0.2, 0) is 0 Å². The monoisotopic (exact) mass is 215 g/mol. The number of quaternary nitrogens is 1. The Balaban J connectivity index is 0. The Morgan fingerprint density at radius 3 is 2.09 bits per heavy atom. The molecule has 1 aromatic rings. The number of hydrogen-bond donors (Lipinski definition) is 1. The Hall–Kier alpha value is 0.01000. The minimum Gasteiger partial charge on any atom is -1.00 e. The largest absolute Gasteiger partial charge is 1.00 e. The van der Waals surface area contributed by atoms with Crippen LogP contribution in [0.4, 0.5) is 5.69 Å². The van der Waals surface area contributed by atoms with Crippen LogP contribution in [0.25, 0.3) is 0 Å². The topological polar surface area (TPSA) is 59.1 Å². The molecule has 0 spiro atoms. The molecule has 0 aliphatic rings. The summed E-state index contributed by atoms with van der Waals surface area (Å²) in [4.78, 5) is 0. The smallest absolute Gasteiger partial charge is 0.148 e. The molecule has 5 heteroatoms. The molecule has 1 aromatic carbocycles. The van der Waals surface area contributed by atoms with Crippen molar-refractivity contribution >= 4 is 28.9 Å². The van der Waals surface area contributed by atoms with E-state index in [0.29, 0.717) is 10.0 Å². The van der Waals surface area contributed by atoms with E-state index in [9.17, 15) is 0 Å². The highest BCUT2D eigenvalue weighted by molar-refractivity contribution is 6.34. The highest BCUT2D eigenvalue weighted by Crippen LogP contribution is 2.20. The maximum atomic E-state index is 5.66. The van der Waals surface area contributed by atoms with Crippen LogP contribution in [0.5, 0.6) is 0 Å². The normalized spacial score (nSPS) is 7.91. The molecule has 2 nitrogen and oxygen atoms in total. The minimum atomic E-state index is 0. The molecule has 0 fully saturated rings. The summed E-state index contributed by atoms with van der Waals surface area (Å²) in [5.74, 6) is 0. The molecular weight excluding hydrogens is 208 g/mol. The van der Waals surface area contributed by atoms with E-state index in [1.54, 1.807) is 18.2 Å². The molecule has 0 radical (unpaired) electrons. The summed E-state index contributed by atoms with van der Waals surface area (Å²) in [7, 11) is 0. The van der Waals surface area contributed by atoms with Crippen LogP contribution in [0.2, 0.25) is 10.0 Å². The number of halogens is 3. The molecule has 5 N–H and O–H groups in total. The molecule has 0 atom stereocenters. The Bertz CT molecular complexity index is 229. The van der Waals surface area contributed by atoms with Gasteiger partial charge in [-0.05, 0) is 12.1 Å². The van der Waals surface area contributed by atoms with Gasteiger partial charge >= 0.3 is 0 Å². The van der Waals surface area contributed by atoms with Gasteiger partial charge in [-0.15, -0.1) is 0 Å². The van der Waals surface area contributed by atoms with Crippen LogP contribution in [0, 0.1) is 0 Å². The molecule has 0 aliphatic carbocycles. The van der Waals surface area contributed by atoms with Gasteiger partial charge in [0.05, 0.1) is 0 Å². The van der Waals surface area contributed by atoms with E-state index < -0.39 is 0 Å². The molecule has 11 heavy (non-hydrogen) atoms. The number of hydrogen-bond acceptors (Lipinski definition) is 0. The molecule has 0 heterocycles. The van der Waals surface area contributed by atoms with Crippen molar-refractivity contribution in [2.75, 3.05) is 0 Å². The van der Waals surface area contributed by atoms with E-state index in [4.69, 9.17) is 23.2 Å². The van der Waals surface area contributed by atoms with Gasteiger partial charge in [-0.2, -0.15) is 0 Å². The van der Waals surface area contributed by atoms with Gasteiger partial charge in [0, 0.05) is 11.1 Å². The second-order valence-electron chi connectivity index (χ2n) is 1.74. The van der Waals surface area contributed by atoms with Gasteiger partial charge in [0.25, 0.3) is 0 Å². The first-order valence-corrected chi connectivity index (χ1v) is 3.23. The van der Waals surface area contributed by atoms with E-state index in [1.165, 1.54) is 0 Å². The summed E-state index contributed by atoms with van der Waals surface area (Å²) in [5, 5.41) is 1.32. The van der Waals surface area contributed by atoms with Crippen molar-refractivity contribution in [2.45, 2.75) is 0 Å². The first-order valence-electron chi connectivity index (χ1n) is 2.47. The predicted octanol–water partition coefficient (Wildman–Crippen LogP) is -1.95. The van der Waals surface area contributed by atoms with Crippen LogP contribution >= 0.6 is 23.2 Å². The fraction of sp³-hybridized carbons (Fsp3) is 0. The van der Waals surface area contributed by atoms with Gasteiger partial charge in [0.2, 0.25) is 0 Å². The second kappa shape index (κ2) is 5.63. The average Bonchev–Trinajstić information content (AvgIpc) is 1.80. The van der Waals surface area contributed by atoms with E-state index in [1.807, 2.05) is 0 Å². The molecule has 0 saturated carbocycles. The lowest BCUT2D eigenvalue weighted by atomic mass is 10.3. The Kier molecular flexibility index (Phi) is 6.96. The standard InChI is InChI=1S/C6H5Cl2N.ClH.H2O/c7-4-1-2-5(8)6(9)3-4;;/h1-3H,9H2;1H;1H2. The Morgan fingerprint density at radius 2 is 1.73 bits per heavy atom. The van der Waals surface area contributed by atoms with Crippen molar-refractivity contribution < 1.29 is 23.6 Å². The fourth-order valence-corrected chi connectivity index (χ4v) is 0.856. The third-order valence-electron chi connectivity index (χ3n) is 1.01. The van der Waals surface area contributed by atoms with Crippen molar-refractivity contribution in [3.63, 3.8) is 0 Å². The zero-order chi connectivity index (χ0) is 6.85. The molecule has 0 bridgehead atoms. The fourth-order valence-electron chi connectivity index (χ4n) is 0.543. The predicted molar refractivity (Wildman–Crippen MR) is 42.6 cm³/mol. The van der Waals surface area contributed by atoms with Gasteiger partial charge in [-0.1, -0.05) is 23.2 Å². The number of rotatable bonds is 0. The van der Waals surface area contributed by atoms with Crippen LogP contribution < -0.4 is 18.1 Å². The lowest BCUT2D eigenvalue weighted by molar-refractivity contribution is -0.254. The average molecular weight is 216 g/mol. The lowest BCUT2D eigenvalue weighted by Crippen LogP contribution is -3.00. The van der Waals surface area contributed by atoms with Gasteiger partial charge < -0.3 is 23.6 Å². The maximum Gasteiger partial charge on any atom is 0.148 e. The van der Waals surface area contributed by atoms with E-state index in [2.05, 4.69) is 5.73 Å². The molecule has 64 valence electrons. The van der Waals surface area contributed by atoms with Gasteiger partial charge in [-0.25, -0.2) is 0 Å². The highest BCUT2D eigenvalue weighted by atomic mass is 35.5.